The topological polar surface area (TPSA) is 51.8 Å². The van der Waals surface area contributed by atoms with Crippen molar-refractivity contribution in [1.29, 1.82) is 0 Å². The third-order valence-corrected chi connectivity index (χ3v) is 11.7. The van der Waals surface area contributed by atoms with Gasteiger partial charge in [0.15, 0.2) is 17.5 Å². The van der Waals surface area contributed by atoms with Crippen molar-refractivity contribution in [3.05, 3.63) is 188 Å². The Balaban J connectivity index is 0.991. The van der Waals surface area contributed by atoms with E-state index in [9.17, 15) is 0 Å². The van der Waals surface area contributed by atoms with Gasteiger partial charge < -0.3 is 4.42 Å². The van der Waals surface area contributed by atoms with E-state index in [0.29, 0.717) is 17.5 Å². The van der Waals surface area contributed by atoms with Crippen LogP contribution in [-0.2, 0) is 0 Å². The highest BCUT2D eigenvalue weighted by Gasteiger charge is 2.17. The predicted octanol–water partition coefficient (Wildman–Crippen LogP) is 14.1. The molecule has 8 aromatic carbocycles. The molecule has 11 aromatic rings. The van der Waals surface area contributed by atoms with Gasteiger partial charge in [0.05, 0.1) is 0 Å². The van der Waals surface area contributed by atoms with Gasteiger partial charge in [0, 0.05) is 47.6 Å². The number of fused-ring (bicyclic) bond motifs is 6. The van der Waals surface area contributed by atoms with E-state index in [4.69, 9.17) is 19.4 Å². The molecule has 3 aromatic heterocycles. The number of benzene rings is 8. The normalized spacial score (nSPS) is 11.6. The fraction of sp³-hybridized carbons (Fsp3) is 0. The summed E-state index contributed by atoms with van der Waals surface area (Å²) >= 11 is 1.84. The second-order valence-electron chi connectivity index (χ2n) is 14.0. The van der Waals surface area contributed by atoms with Gasteiger partial charge in [-0.15, -0.1) is 11.3 Å². The molecule has 262 valence electrons. The Morgan fingerprint density at radius 1 is 0.321 bits per heavy atom. The quantitative estimate of drug-likeness (QED) is 0.171. The van der Waals surface area contributed by atoms with Gasteiger partial charge in [-0.1, -0.05) is 140 Å². The van der Waals surface area contributed by atoms with Gasteiger partial charge in [0.1, 0.15) is 11.2 Å². The number of hydrogen-bond acceptors (Lipinski definition) is 5. The van der Waals surface area contributed by atoms with Gasteiger partial charge in [-0.05, 0) is 81.9 Å². The molecule has 56 heavy (non-hydrogen) atoms. The van der Waals surface area contributed by atoms with Crippen LogP contribution < -0.4 is 0 Å². The molecule has 0 saturated carbocycles. The molecule has 0 amide bonds. The standard InChI is InChI=1S/C51H31N3OS/c1-4-12-32(13-5-1)35-23-26-46-42(29-35)43-30-36(24-27-47(43)56-46)37-22-25-41-45(31-37)55-44-21-11-20-40(48(41)44)38-18-10-19-39(28-38)51-53-49(33-14-6-2-7-15-33)52-50(54-51)34-16-8-3-9-17-34/h1-31H. The molecule has 0 aliphatic rings. The van der Waals surface area contributed by atoms with Crippen LogP contribution in [-0.4, -0.2) is 15.0 Å². The van der Waals surface area contributed by atoms with Crippen molar-refractivity contribution < 1.29 is 4.42 Å². The Labute approximate surface area is 327 Å². The average Bonchev–Trinajstić information content (AvgIpc) is 3.84. The zero-order valence-electron chi connectivity index (χ0n) is 30.1. The van der Waals surface area contributed by atoms with E-state index in [-0.39, 0.29) is 0 Å². The maximum atomic E-state index is 6.60. The molecule has 0 N–H and O–H groups in total. The summed E-state index contributed by atoms with van der Waals surface area (Å²) in [6.45, 7) is 0. The number of furan rings is 1. The van der Waals surface area contributed by atoms with Crippen molar-refractivity contribution in [2.24, 2.45) is 0 Å². The smallest absolute Gasteiger partial charge is 0.164 e. The summed E-state index contributed by atoms with van der Waals surface area (Å²) in [6.07, 6.45) is 0. The number of hydrogen-bond donors (Lipinski definition) is 0. The average molecular weight is 734 g/mol. The summed E-state index contributed by atoms with van der Waals surface area (Å²) in [6, 6.07) is 65.7. The van der Waals surface area contributed by atoms with Gasteiger partial charge >= 0.3 is 0 Å². The largest absolute Gasteiger partial charge is 0.456 e. The first-order valence-corrected chi connectivity index (χ1v) is 19.5. The Bertz CT molecular complexity index is 3180. The molecule has 11 rings (SSSR count). The lowest BCUT2D eigenvalue weighted by Gasteiger charge is -2.10. The van der Waals surface area contributed by atoms with Crippen molar-refractivity contribution in [2.75, 3.05) is 0 Å². The van der Waals surface area contributed by atoms with Crippen molar-refractivity contribution in [2.45, 2.75) is 0 Å². The molecule has 0 fully saturated rings. The van der Waals surface area contributed by atoms with Crippen LogP contribution in [0, 0.1) is 0 Å². The first-order valence-electron chi connectivity index (χ1n) is 18.7. The summed E-state index contributed by atoms with van der Waals surface area (Å²) in [5.41, 5.74) is 11.4. The van der Waals surface area contributed by atoms with Crippen molar-refractivity contribution >= 4 is 53.4 Å². The molecular weight excluding hydrogens is 703 g/mol. The maximum Gasteiger partial charge on any atom is 0.164 e. The lowest BCUT2D eigenvalue weighted by molar-refractivity contribution is 0.669. The molecule has 0 bridgehead atoms. The molecule has 0 radical (unpaired) electrons. The molecule has 0 unspecified atom stereocenters. The van der Waals surface area contributed by atoms with Gasteiger partial charge in [0.25, 0.3) is 0 Å². The minimum Gasteiger partial charge on any atom is -0.456 e. The molecule has 5 heteroatoms. The molecule has 3 heterocycles. The Morgan fingerprint density at radius 2 is 0.821 bits per heavy atom. The van der Waals surface area contributed by atoms with E-state index >= 15 is 0 Å². The minimum atomic E-state index is 0.625. The lowest BCUT2D eigenvalue weighted by Crippen LogP contribution is -2.00. The lowest BCUT2D eigenvalue weighted by atomic mass is 9.96. The first kappa shape index (κ1) is 32.2. The highest BCUT2D eigenvalue weighted by atomic mass is 32.1. The van der Waals surface area contributed by atoms with Crippen LogP contribution in [0.4, 0.5) is 0 Å². The van der Waals surface area contributed by atoms with Crippen LogP contribution in [0.1, 0.15) is 0 Å². The van der Waals surface area contributed by atoms with Gasteiger partial charge in [-0.25, -0.2) is 15.0 Å². The SMILES string of the molecule is c1ccc(-c2ccc3sc4ccc(-c5ccc6c(c5)oc5cccc(-c7cccc(-c8nc(-c9ccccc9)nc(-c9ccccc9)n8)c7)c56)cc4c3c2)cc1. The third-order valence-electron chi connectivity index (χ3n) is 10.5. The highest BCUT2D eigenvalue weighted by molar-refractivity contribution is 7.25. The molecule has 0 aliphatic carbocycles. The van der Waals surface area contributed by atoms with Gasteiger partial charge in [-0.3, -0.25) is 0 Å². The number of rotatable bonds is 6. The fourth-order valence-corrected chi connectivity index (χ4v) is 8.84. The van der Waals surface area contributed by atoms with Crippen LogP contribution in [0.2, 0.25) is 0 Å². The van der Waals surface area contributed by atoms with E-state index in [0.717, 1.165) is 55.3 Å². The van der Waals surface area contributed by atoms with Crippen LogP contribution in [0.5, 0.6) is 0 Å². The number of thiophene rings is 1. The molecule has 0 spiro atoms. The summed E-state index contributed by atoms with van der Waals surface area (Å²) in [7, 11) is 0. The molecular formula is C51H31N3OS. The highest BCUT2D eigenvalue weighted by Crippen LogP contribution is 2.41. The van der Waals surface area contributed by atoms with Crippen molar-refractivity contribution in [1.82, 2.24) is 15.0 Å². The monoisotopic (exact) mass is 733 g/mol. The zero-order chi connectivity index (χ0) is 37.0. The van der Waals surface area contributed by atoms with Crippen LogP contribution in [0.3, 0.4) is 0 Å². The minimum absolute atomic E-state index is 0.625. The second kappa shape index (κ2) is 13.3. The fourth-order valence-electron chi connectivity index (χ4n) is 7.78. The third kappa shape index (κ3) is 5.65. The van der Waals surface area contributed by atoms with E-state index in [1.54, 1.807) is 0 Å². The number of aromatic nitrogens is 3. The summed E-state index contributed by atoms with van der Waals surface area (Å²) < 4.78 is 9.18. The van der Waals surface area contributed by atoms with E-state index < -0.39 is 0 Å². The van der Waals surface area contributed by atoms with Crippen LogP contribution >= 0.6 is 11.3 Å². The molecule has 0 aliphatic heterocycles. The molecule has 0 saturated heterocycles. The second-order valence-corrected chi connectivity index (χ2v) is 15.1. The van der Waals surface area contributed by atoms with Crippen LogP contribution in [0.15, 0.2) is 192 Å². The van der Waals surface area contributed by atoms with Crippen LogP contribution in [0.25, 0.3) is 110 Å². The Kier molecular flexibility index (Phi) is 7.64. The zero-order valence-corrected chi connectivity index (χ0v) is 30.9. The first-order chi connectivity index (χ1) is 27.7. The Hall–Kier alpha value is -7.21. The van der Waals surface area contributed by atoms with Gasteiger partial charge in [0.2, 0.25) is 0 Å². The van der Waals surface area contributed by atoms with Crippen molar-refractivity contribution in [3.8, 4) is 67.5 Å². The van der Waals surface area contributed by atoms with E-state index in [1.165, 1.54) is 36.9 Å². The summed E-state index contributed by atoms with van der Waals surface area (Å²) in [5.74, 6) is 1.91. The summed E-state index contributed by atoms with van der Waals surface area (Å²) in [4.78, 5) is 14.9. The number of nitrogens with zero attached hydrogens (tertiary/aromatic N) is 3. The predicted molar refractivity (Wildman–Crippen MR) is 233 cm³/mol. The van der Waals surface area contributed by atoms with Crippen molar-refractivity contribution in [3.63, 3.8) is 0 Å². The maximum absolute atomic E-state index is 6.60. The Morgan fingerprint density at radius 3 is 1.46 bits per heavy atom. The summed E-state index contributed by atoms with van der Waals surface area (Å²) in [5, 5.41) is 4.73. The van der Waals surface area contributed by atoms with Gasteiger partial charge in [-0.2, -0.15) is 0 Å². The molecule has 0 atom stereocenters. The van der Waals surface area contributed by atoms with E-state index in [1.807, 2.05) is 72.0 Å². The van der Waals surface area contributed by atoms with E-state index in [2.05, 4.69) is 127 Å². The molecule has 4 nitrogen and oxygen atoms in total.